The van der Waals surface area contributed by atoms with Gasteiger partial charge in [0.2, 0.25) is 0 Å². The van der Waals surface area contributed by atoms with Crippen LogP contribution in [0, 0.1) is 11.8 Å². The summed E-state index contributed by atoms with van der Waals surface area (Å²) < 4.78 is 0. The maximum absolute atomic E-state index is 13.4. The van der Waals surface area contributed by atoms with Crippen molar-refractivity contribution < 1.29 is 14.7 Å². The minimum atomic E-state index is -0.436. The number of aromatic hydroxyl groups is 1. The number of carbonyl (C=O) groups excluding carboxylic acids is 2. The zero-order chi connectivity index (χ0) is 20.4. The lowest BCUT2D eigenvalue weighted by Gasteiger charge is -2.45. The van der Waals surface area contributed by atoms with Crippen LogP contribution in [0.2, 0.25) is 0 Å². The Bertz CT molecular complexity index is 1130. The summed E-state index contributed by atoms with van der Waals surface area (Å²) in [7, 11) is 0. The number of hydrazone groups is 1. The predicted octanol–water partition coefficient (Wildman–Crippen LogP) is 3.62. The Morgan fingerprint density at radius 2 is 1.23 bits per heavy atom. The summed E-state index contributed by atoms with van der Waals surface area (Å²) in [5.41, 5.74) is 5.19. The van der Waals surface area contributed by atoms with Crippen molar-refractivity contribution in [3.8, 4) is 5.75 Å². The average Bonchev–Trinajstić information content (AvgIpc) is 3.03. The third-order valence-corrected chi connectivity index (χ3v) is 6.62. The molecule has 1 aliphatic heterocycles. The standard InChI is InChI=1S/C25H18N2O3/c28-15-7-5-6-14(12-15)13-26-27-24(29)22-20-16-8-1-2-9-17(16)21(23(22)25(27)30)19-11-4-3-10-18(19)20/h1-13,20-23,28H/b26-13-/t20?,21?,22-,23-/m1/s1. The van der Waals surface area contributed by atoms with Crippen molar-refractivity contribution in [3.05, 3.63) is 101 Å². The van der Waals surface area contributed by atoms with Crippen LogP contribution in [0.25, 0.3) is 0 Å². The lowest BCUT2D eigenvalue weighted by atomic mass is 9.55. The molecule has 2 bridgehead atoms. The van der Waals surface area contributed by atoms with Crippen molar-refractivity contribution in [1.82, 2.24) is 5.01 Å². The van der Waals surface area contributed by atoms with Crippen LogP contribution < -0.4 is 0 Å². The number of hydrogen-bond donors (Lipinski definition) is 1. The van der Waals surface area contributed by atoms with E-state index in [1.807, 2.05) is 24.3 Å². The fourth-order valence-electron chi connectivity index (χ4n) is 5.50. The summed E-state index contributed by atoms with van der Waals surface area (Å²) in [5.74, 6) is -1.53. The van der Waals surface area contributed by atoms with Crippen LogP contribution >= 0.6 is 0 Å². The van der Waals surface area contributed by atoms with Gasteiger partial charge in [0.15, 0.2) is 0 Å². The van der Waals surface area contributed by atoms with Gasteiger partial charge in [-0.3, -0.25) is 9.59 Å². The molecular weight excluding hydrogens is 376 g/mol. The molecule has 3 aromatic carbocycles. The molecule has 4 aliphatic rings. The summed E-state index contributed by atoms with van der Waals surface area (Å²) in [6.45, 7) is 0. The normalized spacial score (nSPS) is 26.1. The van der Waals surface area contributed by atoms with Gasteiger partial charge in [0.05, 0.1) is 18.1 Å². The number of nitrogens with zero attached hydrogens (tertiary/aromatic N) is 2. The Hall–Kier alpha value is -3.73. The van der Waals surface area contributed by atoms with Crippen molar-refractivity contribution in [3.63, 3.8) is 0 Å². The molecule has 3 aliphatic carbocycles. The van der Waals surface area contributed by atoms with Crippen LogP contribution in [-0.2, 0) is 9.59 Å². The van der Waals surface area contributed by atoms with Crippen molar-refractivity contribution in [2.75, 3.05) is 0 Å². The van der Waals surface area contributed by atoms with Gasteiger partial charge in [-0.2, -0.15) is 10.1 Å². The van der Waals surface area contributed by atoms with Crippen molar-refractivity contribution in [2.45, 2.75) is 11.8 Å². The molecule has 30 heavy (non-hydrogen) atoms. The number of rotatable bonds is 2. The first-order chi connectivity index (χ1) is 14.6. The monoisotopic (exact) mass is 394 g/mol. The van der Waals surface area contributed by atoms with Crippen LogP contribution in [-0.4, -0.2) is 28.1 Å². The summed E-state index contributed by atoms with van der Waals surface area (Å²) in [4.78, 5) is 26.8. The lowest BCUT2D eigenvalue weighted by molar-refractivity contribution is -0.139. The van der Waals surface area contributed by atoms with E-state index in [9.17, 15) is 14.7 Å². The molecule has 1 fully saturated rings. The zero-order valence-corrected chi connectivity index (χ0v) is 16.0. The third kappa shape index (κ3) is 2.20. The Morgan fingerprint density at radius 1 is 0.733 bits per heavy atom. The van der Waals surface area contributed by atoms with Gasteiger partial charge in [0, 0.05) is 11.8 Å². The SMILES string of the molecule is O=C1[C@@H]2C3c4ccccc4C(c4ccccc43)[C@H]2C(=O)N1/N=C\c1cccc(O)c1. The molecule has 7 rings (SSSR count). The largest absolute Gasteiger partial charge is 0.508 e. The van der Waals surface area contributed by atoms with E-state index in [0.29, 0.717) is 5.56 Å². The van der Waals surface area contributed by atoms with Gasteiger partial charge in [0.1, 0.15) is 5.75 Å². The van der Waals surface area contributed by atoms with E-state index >= 15 is 0 Å². The molecule has 0 radical (unpaired) electrons. The number of carbonyl (C=O) groups is 2. The van der Waals surface area contributed by atoms with E-state index in [0.717, 1.165) is 27.3 Å². The molecule has 2 amide bonds. The summed E-state index contributed by atoms with van der Waals surface area (Å²) >= 11 is 0. The van der Waals surface area contributed by atoms with Gasteiger partial charge in [-0.1, -0.05) is 60.7 Å². The highest BCUT2D eigenvalue weighted by molar-refractivity contribution is 6.08. The number of amides is 2. The summed E-state index contributed by atoms with van der Waals surface area (Å²) in [6.07, 6.45) is 1.45. The van der Waals surface area contributed by atoms with Gasteiger partial charge < -0.3 is 5.11 Å². The molecule has 0 saturated carbocycles. The maximum atomic E-state index is 13.4. The van der Waals surface area contributed by atoms with E-state index in [-0.39, 0.29) is 29.4 Å². The average molecular weight is 394 g/mol. The van der Waals surface area contributed by atoms with Crippen molar-refractivity contribution >= 4 is 18.0 Å². The quantitative estimate of drug-likeness (QED) is 0.533. The second kappa shape index (κ2) is 6.13. The predicted molar refractivity (Wildman–Crippen MR) is 111 cm³/mol. The first kappa shape index (κ1) is 17.2. The Balaban J connectivity index is 1.46. The zero-order valence-electron chi connectivity index (χ0n) is 16.0. The number of phenols is 1. The first-order valence-electron chi connectivity index (χ1n) is 10.0. The number of imide groups is 1. The van der Waals surface area contributed by atoms with Gasteiger partial charge in [-0.05, 0) is 39.9 Å². The smallest absolute Gasteiger partial charge is 0.254 e. The van der Waals surface area contributed by atoms with Crippen LogP contribution in [0.4, 0.5) is 0 Å². The van der Waals surface area contributed by atoms with Crippen LogP contribution in [0.5, 0.6) is 5.75 Å². The minimum Gasteiger partial charge on any atom is -0.508 e. The van der Waals surface area contributed by atoms with Crippen molar-refractivity contribution in [2.24, 2.45) is 16.9 Å². The second-order valence-corrected chi connectivity index (χ2v) is 8.09. The Labute approximate surface area is 173 Å². The molecule has 0 aromatic heterocycles. The molecule has 0 unspecified atom stereocenters. The molecular formula is C25H18N2O3. The van der Waals surface area contributed by atoms with Crippen LogP contribution in [0.15, 0.2) is 77.9 Å². The molecule has 5 heteroatoms. The highest BCUT2D eigenvalue weighted by atomic mass is 16.3. The van der Waals surface area contributed by atoms with Crippen LogP contribution in [0.1, 0.15) is 39.7 Å². The van der Waals surface area contributed by atoms with E-state index < -0.39 is 11.8 Å². The van der Waals surface area contributed by atoms with Gasteiger partial charge >= 0.3 is 0 Å². The molecule has 1 heterocycles. The minimum absolute atomic E-state index is 0.107. The topological polar surface area (TPSA) is 70.0 Å². The van der Waals surface area contributed by atoms with E-state index in [2.05, 4.69) is 29.4 Å². The molecule has 2 atom stereocenters. The van der Waals surface area contributed by atoms with Gasteiger partial charge in [0.25, 0.3) is 11.8 Å². The lowest BCUT2D eigenvalue weighted by Crippen LogP contribution is -2.41. The van der Waals surface area contributed by atoms with Crippen molar-refractivity contribution in [1.29, 1.82) is 0 Å². The molecule has 5 nitrogen and oxygen atoms in total. The molecule has 1 N–H and O–H groups in total. The Morgan fingerprint density at radius 3 is 1.70 bits per heavy atom. The second-order valence-electron chi connectivity index (χ2n) is 8.09. The summed E-state index contributed by atoms with van der Waals surface area (Å²) in [6, 6.07) is 22.9. The highest BCUT2D eigenvalue weighted by Gasteiger charge is 2.61. The maximum Gasteiger partial charge on any atom is 0.254 e. The summed E-state index contributed by atoms with van der Waals surface area (Å²) in [5, 5.41) is 14.9. The molecule has 3 aromatic rings. The molecule has 146 valence electrons. The van der Waals surface area contributed by atoms with Gasteiger partial charge in [-0.25, -0.2) is 0 Å². The fourth-order valence-corrected chi connectivity index (χ4v) is 5.50. The van der Waals surface area contributed by atoms with E-state index in [1.54, 1.807) is 18.2 Å². The number of benzene rings is 3. The molecule has 1 saturated heterocycles. The Kier molecular flexibility index (Phi) is 3.51. The van der Waals surface area contributed by atoms with E-state index in [4.69, 9.17) is 0 Å². The third-order valence-electron chi connectivity index (χ3n) is 6.62. The fraction of sp³-hybridized carbons (Fsp3) is 0.160. The number of phenolic OH excluding ortho intramolecular Hbond substituents is 1. The van der Waals surface area contributed by atoms with Gasteiger partial charge in [-0.15, -0.1) is 0 Å². The first-order valence-corrected chi connectivity index (χ1v) is 10.0. The van der Waals surface area contributed by atoms with E-state index in [1.165, 1.54) is 12.3 Å². The van der Waals surface area contributed by atoms with Crippen LogP contribution in [0.3, 0.4) is 0 Å². The molecule has 0 spiro atoms. The number of hydrogen-bond acceptors (Lipinski definition) is 4. The highest BCUT2D eigenvalue weighted by Crippen LogP contribution is 2.60.